The van der Waals surface area contributed by atoms with E-state index in [1.165, 1.54) is 32.0 Å². The van der Waals surface area contributed by atoms with E-state index in [9.17, 15) is 35.9 Å². The summed E-state index contributed by atoms with van der Waals surface area (Å²) in [7, 11) is -3.55. The van der Waals surface area contributed by atoms with Crippen molar-refractivity contribution in [3.63, 3.8) is 0 Å². The second-order valence-electron chi connectivity index (χ2n) is 9.72. The molecule has 0 spiro atoms. The van der Waals surface area contributed by atoms with Gasteiger partial charge in [0.15, 0.2) is 11.6 Å². The second-order valence-corrected chi connectivity index (χ2v) is 11.6. The number of nitrogens with zero attached hydrogens (tertiary/aromatic N) is 1. The molecular formula is C27H25F5N2O6S. The molecule has 3 aromatic carbocycles. The zero-order valence-corrected chi connectivity index (χ0v) is 22.7. The number of hydrogen-bond donors (Lipinski definition) is 2. The molecule has 0 aromatic heterocycles. The predicted octanol–water partition coefficient (Wildman–Crippen LogP) is 4.50. The van der Waals surface area contributed by atoms with Gasteiger partial charge in [0, 0.05) is 11.6 Å². The Morgan fingerprint density at radius 1 is 1.12 bits per heavy atom. The molecule has 2 N–H and O–H groups in total. The summed E-state index contributed by atoms with van der Waals surface area (Å²) in [4.78, 5) is 11.5. The molecule has 4 rings (SSSR count). The Labute approximate surface area is 232 Å². The minimum atomic E-state index is -4.82. The first-order chi connectivity index (χ1) is 19.0. The highest BCUT2D eigenvalue weighted by Crippen LogP contribution is 2.42. The first-order valence-corrected chi connectivity index (χ1v) is 13.5. The van der Waals surface area contributed by atoms with E-state index in [2.05, 4.69) is 5.32 Å². The highest BCUT2D eigenvalue weighted by molar-refractivity contribution is 7.92. The van der Waals surface area contributed by atoms with Gasteiger partial charge in [0.2, 0.25) is 0 Å². The minimum Gasteiger partial charge on any atom is -0.494 e. The van der Waals surface area contributed by atoms with E-state index in [-0.39, 0.29) is 29.1 Å². The maximum absolute atomic E-state index is 15.0. The number of alkyl halides is 3. The molecule has 41 heavy (non-hydrogen) atoms. The zero-order valence-electron chi connectivity index (χ0n) is 21.9. The standard InChI is InChI=1S/C27H25F5N2O6S/c1-26(2,36)25(35)33-13-18-14-34(41(37,38)19-6-4-5-16(10-19)27(30,31)32)21-9-15(7-8-22(21)40-18)20-11-17(28)12-23(39-3)24(20)29/h4-12,18,36H,13-14H2,1-3H3,(H,33,35). The maximum Gasteiger partial charge on any atom is 0.416 e. The Bertz CT molecular complexity index is 1590. The van der Waals surface area contributed by atoms with Crippen LogP contribution in [0.3, 0.4) is 0 Å². The van der Waals surface area contributed by atoms with Crippen LogP contribution in [0.2, 0.25) is 0 Å². The molecule has 1 aliphatic heterocycles. The van der Waals surface area contributed by atoms with Gasteiger partial charge in [0.1, 0.15) is 23.3 Å². The number of amides is 1. The number of methoxy groups -OCH3 is 1. The molecule has 1 aliphatic rings. The molecule has 0 bridgehead atoms. The fourth-order valence-electron chi connectivity index (χ4n) is 4.12. The van der Waals surface area contributed by atoms with Gasteiger partial charge in [0.25, 0.3) is 15.9 Å². The van der Waals surface area contributed by atoms with Crippen LogP contribution in [0.4, 0.5) is 27.6 Å². The lowest BCUT2D eigenvalue weighted by Gasteiger charge is -2.36. The van der Waals surface area contributed by atoms with E-state index in [1.54, 1.807) is 0 Å². The van der Waals surface area contributed by atoms with Crippen molar-refractivity contribution in [3.05, 3.63) is 71.8 Å². The van der Waals surface area contributed by atoms with E-state index in [0.29, 0.717) is 6.07 Å². The van der Waals surface area contributed by atoms with Crippen LogP contribution in [0.25, 0.3) is 11.1 Å². The van der Waals surface area contributed by atoms with E-state index >= 15 is 4.39 Å². The normalized spacial score (nSPS) is 15.6. The Balaban J connectivity index is 1.82. The topological polar surface area (TPSA) is 105 Å². The van der Waals surface area contributed by atoms with Crippen molar-refractivity contribution in [1.82, 2.24) is 5.32 Å². The lowest BCUT2D eigenvalue weighted by atomic mass is 10.0. The first kappa shape index (κ1) is 30.1. The average molecular weight is 601 g/mol. The summed E-state index contributed by atoms with van der Waals surface area (Å²) >= 11 is 0. The Morgan fingerprint density at radius 3 is 2.46 bits per heavy atom. The number of anilines is 1. The summed E-state index contributed by atoms with van der Waals surface area (Å²) in [6.07, 6.45) is -5.86. The van der Waals surface area contributed by atoms with Gasteiger partial charge < -0.3 is 19.9 Å². The first-order valence-electron chi connectivity index (χ1n) is 12.1. The van der Waals surface area contributed by atoms with E-state index in [0.717, 1.165) is 41.7 Å². The Hall–Kier alpha value is -3.91. The van der Waals surface area contributed by atoms with Gasteiger partial charge in [-0.15, -0.1) is 0 Å². The molecule has 1 atom stereocenters. The summed E-state index contributed by atoms with van der Waals surface area (Å²) in [6.45, 7) is 1.74. The lowest BCUT2D eigenvalue weighted by Crippen LogP contribution is -2.51. The molecular weight excluding hydrogens is 575 g/mol. The summed E-state index contributed by atoms with van der Waals surface area (Å²) < 4.78 is 108. The van der Waals surface area contributed by atoms with E-state index in [1.807, 2.05) is 0 Å². The van der Waals surface area contributed by atoms with Crippen molar-refractivity contribution in [2.75, 3.05) is 24.5 Å². The van der Waals surface area contributed by atoms with Gasteiger partial charge in [0.05, 0.1) is 36.3 Å². The number of ether oxygens (including phenoxy) is 2. The van der Waals surface area contributed by atoms with Crippen LogP contribution in [0.15, 0.2) is 59.5 Å². The summed E-state index contributed by atoms with van der Waals surface area (Å²) in [5.74, 6) is -2.98. The van der Waals surface area contributed by atoms with Crippen molar-refractivity contribution in [1.29, 1.82) is 0 Å². The summed E-state index contributed by atoms with van der Waals surface area (Å²) in [6, 6.07) is 8.68. The van der Waals surface area contributed by atoms with E-state index < -0.39 is 68.2 Å². The number of carbonyl (C=O) groups is 1. The third-order valence-electron chi connectivity index (χ3n) is 6.22. The number of hydrogen-bond acceptors (Lipinski definition) is 6. The SMILES string of the molecule is COc1cc(F)cc(-c2ccc3c(c2)N(S(=O)(=O)c2cccc(C(F)(F)F)c2)CC(CNC(=O)C(C)(C)O)O3)c1F. The lowest BCUT2D eigenvalue weighted by molar-refractivity contribution is -0.138. The number of nitrogens with one attached hydrogen (secondary N) is 1. The third-order valence-corrected chi connectivity index (χ3v) is 8.00. The molecule has 1 unspecified atom stereocenters. The van der Waals surface area contributed by atoms with Crippen molar-refractivity contribution in [2.45, 2.75) is 36.6 Å². The average Bonchev–Trinajstić information content (AvgIpc) is 2.91. The van der Waals surface area contributed by atoms with Gasteiger partial charge in [-0.3, -0.25) is 9.10 Å². The predicted molar refractivity (Wildman–Crippen MR) is 138 cm³/mol. The quantitative estimate of drug-likeness (QED) is 0.387. The molecule has 0 fully saturated rings. The number of rotatable bonds is 7. The van der Waals surface area contributed by atoms with Gasteiger partial charge >= 0.3 is 6.18 Å². The van der Waals surface area contributed by atoms with Crippen molar-refractivity contribution in [3.8, 4) is 22.6 Å². The zero-order chi connectivity index (χ0) is 30.3. The van der Waals surface area contributed by atoms with Crippen LogP contribution < -0.4 is 19.1 Å². The molecule has 0 radical (unpaired) electrons. The molecule has 0 aliphatic carbocycles. The van der Waals surface area contributed by atoms with Crippen molar-refractivity contribution in [2.24, 2.45) is 0 Å². The molecule has 1 amide bonds. The third kappa shape index (κ3) is 6.22. The highest BCUT2D eigenvalue weighted by atomic mass is 32.2. The molecule has 14 heteroatoms. The van der Waals surface area contributed by atoms with Gasteiger partial charge in [-0.1, -0.05) is 12.1 Å². The van der Waals surface area contributed by atoms with E-state index in [4.69, 9.17) is 9.47 Å². The molecule has 220 valence electrons. The highest BCUT2D eigenvalue weighted by Gasteiger charge is 2.38. The minimum absolute atomic E-state index is 0.0284. The van der Waals surface area contributed by atoms with Gasteiger partial charge in [-0.2, -0.15) is 13.2 Å². The van der Waals surface area contributed by atoms with Crippen molar-refractivity contribution < 1.29 is 49.7 Å². The van der Waals surface area contributed by atoms with Gasteiger partial charge in [-0.05, 0) is 55.8 Å². The van der Waals surface area contributed by atoms with Crippen molar-refractivity contribution >= 4 is 21.6 Å². The Kier molecular flexibility index (Phi) is 7.93. The monoisotopic (exact) mass is 600 g/mol. The fourth-order valence-corrected chi connectivity index (χ4v) is 5.66. The number of fused-ring (bicyclic) bond motifs is 1. The number of carbonyl (C=O) groups excluding carboxylic acids is 1. The van der Waals surface area contributed by atoms with Crippen LogP contribution >= 0.6 is 0 Å². The molecule has 1 heterocycles. The van der Waals surface area contributed by atoms with Crippen LogP contribution in [0, 0.1) is 11.6 Å². The Morgan fingerprint density at radius 2 is 1.83 bits per heavy atom. The molecule has 0 saturated carbocycles. The van der Waals surface area contributed by atoms with Crippen LogP contribution in [-0.4, -0.2) is 51.3 Å². The fraction of sp³-hybridized carbons (Fsp3) is 0.296. The molecule has 0 saturated heterocycles. The number of sulfonamides is 1. The molecule has 8 nitrogen and oxygen atoms in total. The number of aliphatic hydroxyl groups is 1. The van der Waals surface area contributed by atoms with Crippen LogP contribution in [0.1, 0.15) is 19.4 Å². The van der Waals surface area contributed by atoms with Crippen LogP contribution in [-0.2, 0) is 21.0 Å². The molecule has 3 aromatic rings. The van der Waals surface area contributed by atoms with Gasteiger partial charge in [-0.25, -0.2) is 17.2 Å². The largest absolute Gasteiger partial charge is 0.494 e. The van der Waals surface area contributed by atoms with Crippen LogP contribution in [0.5, 0.6) is 11.5 Å². The summed E-state index contributed by atoms with van der Waals surface area (Å²) in [5, 5.41) is 12.3. The smallest absolute Gasteiger partial charge is 0.416 e. The second kappa shape index (κ2) is 10.8. The number of benzene rings is 3. The number of halogens is 5. The summed E-state index contributed by atoms with van der Waals surface area (Å²) in [5.41, 5.74) is -3.33. The maximum atomic E-state index is 15.0.